The number of ether oxygens (including phenoxy) is 1. The summed E-state index contributed by atoms with van der Waals surface area (Å²) >= 11 is 7.27. The number of nitrogen functional groups attached to an aromatic ring is 1. The summed E-state index contributed by atoms with van der Waals surface area (Å²) in [4.78, 5) is 36.4. The molecule has 0 fully saturated rings. The molecule has 0 unspecified atom stereocenters. The number of fused-ring (bicyclic) bond motifs is 1. The van der Waals surface area contributed by atoms with E-state index in [1.54, 1.807) is 0 Å². The molecule has 0 aliphatic carbocycles. The van der Waals surface area contributed by atoms with Crippen molar-refractivity contribution in [2.75, 3.05) is 17.7 Å². The number of rotatable bonds is 8. The van der Waals surface area contributed by atoms with E-state index >= 15 is 0 Å². The van der Waals surface area contributed by atoms with Gasteiger partial charge in [0.1, 0.15) is 15.6 Å². The monoisotopic (exact) mass is 422 g/mol. The fourth-order valence-electron chi connectivity index (χ4n) is 2.39. The van der Waals surface area contributed by atoms with Crippen molar-refractivity contribution in [1.29, 1.82) is 0 Å². The summed E-state index contributed by atoms with van der Waals surface area (Å²) in [6, 6.07) is 0. The van der Waals surface area contributed by atoms with E-state index in [1.165, 1.54) is 24.3 Å². The van der Waals surface area contributed by atoms with Gasteiger partial charge < -0.3 is 15.5 Å². The lowest BCUT2D eigenvalue weighted by atomic mass is 10.2. The first-order valence-corrected chi connectivity index (χ1v) is 9.87. The Morgan fingerprint density at radius 2 is 2.18 bits per heavy atom. The molecule has 0 saturated carbocycles. The zero-order chi connectivity index (χ0) is 20.1. The zero-order valence-corrected chi connectivity index (χ0v) is 16.8. The quantitative estimate of drug-likeness (QED) is 0.368. The molecule has 0 aromatic carbocycles. The van der Waals surface area contributed by atoms with Crippen molar-refractivity contribution >= 4 is 52.3 Å². The van der Waals surface area contributed by atoms with E-state index < -0.39 is 5.25 Å². The number of carbonyl (C=O) groups is 1. The summed E-state index contributed by atoms with van der Waals surface area (Å²) < 4.78 is 5.33. The molecule has 3 heterocycles. The van der Waals surface area contributed by atoms with Gasteiger partial charge in [-0.2, -0.15) is 9.97 Å². The third-order valence-corrected chi connectivity index (χ3v) is 5.11. The molecule has 3 rings (SSSR count). The van der Waals surface area contributed by atoms with Crippen LogP contribution in [0.2, 0.25) is 5.02 Å². The van der Waals surface area contributed by atoms with E-state index in [9.17, 15) is 4.79 Å². The molecule has 0 spiro atoms. The first kappa shape index (κ1) is 20.1. The number of carbonyl (C=O) groups excluding carboxylic acids is 1. The lowest BCUT2D eigenvalue weighted by Crippen LogP contribution is -2.26. The minimum atomic E-state index is -0.444. The van der Waals surface area contributed by atoms with Crippen LogP contribution in [0.1, 0.15) is 26.7 Å². The number of hydrogen-bond acceptors (Lipinski definition) is 9. The van der Waals surface area contributed by atoms with Crippen LogP contribution in [-0.2, 0) is 4.79 Å². The van der Waals surface area contributed by atoms with Gasteiger partial charge in [-0.15, -0.1) is 0 Å². The van der Waals surface area contributed by atoms with E-state index in [0.717, 1.165) is 6.42 Å². The Bertz CT molecular complexity index is 982. The predicted molar refractivity (Wildman–Crippen MR) is 107 cm³/mol. The standard InChI is InChI=1S/C16H19ClN8O2S/c1-3-5-9(28-14-10-11(21-7-20-10)22-15(18)25-14)12(26)23-16-19-6-8(17)13(24-16)27-4-2/h6-7,9H,3-5H2,1-2H3,(H,19,23,24,26)(H3,18,20,21,22,25)/t9-/m0/s1. The number of aromatic amines is 1. The van der Waals surface area contributed by atoms with Gasteiger partial charge in [0.25, 0.3) is 0 Å². The Morgan fingerprint density at radius 1 is 1.36 bits per heavy atom. The smallest absolute Gasteiger partial charge is 0.240 e. The number of anilines is 2. The van der Waals surface area contributed by atoms with Crippen LogP contribution in [0.5, 0.6) is 5.88 Å². The van der Waals surface area contributed by atoms with Crippen LogP contribution in [0.4, 0.5) is 11.9 Å². The molecule has 12 heteroatoms. The van der Waals surface area contributed by atoms with Gasteiger partial charge in [0, 0.05) is 0 Å². The first-order valence-electron chi connectivity index (χ1n) is 8.61. The van der Waals surface area contributed by atoms with E-state index in [4.69, 9.17) is 22.1 Å². The molecule has 0 bridgehead atoms. The van der Waals surface area contributed by atoms with Gasteiger partial charge in [0.05, 0.1) is 24.4 Å². The number of halogens is 1. The molecular weight excluding hydrogens is 404 g/mol. The number of aromatic nitrogens is 6. The normalized spacial score (nSPS) is 12.1. The van der Waals surface area contributed by atoms with E-state index in [0.29, 0.717) is 29.2 Å². The second kappa shape index (κ2) is 9.02. The fraction of sp³-hybridized carbons (Fsp3) is 0.375. The van der Waals surface area contributed by atoms with Crippen LogP contribution in [0.15, 0.2) is 17.6 Å². The molecule has 4 N–H and O–H groups in total. The number of amides is 1. The van der Waals surface area contributed by atoms with Crippen LogP contribution in [0, 0.1) is 0 Å². The van der Waals surface area contributed by atoms with Gasteiger partial charge in [-0.1, -0.05) is 36.7 Å². The van der Waals surface area contributed by atoms with Gasteiger partial charge >= 0.3 is 0 Å². The lowest BCUT2D eigenvalue weighted by Gasteiger charge is -2.15. The Labute approximate surface area is 170 Å². The molecule has 0 radical (unpaired) electrons. The molecule has 28 heavy (non-hydrogen) atoms. The van der Waals surface area contributed by atoms with Crippen molar-refractivity contribution in [2.45, 2.75) is 37.0 Å². The van der Waals surface area contributed by atoms with Crippen LogP contribution >= 0.6 is 23.4 Å². The minimum Gasteiger partial charge on any atom is -0.477 e. The summed E-state index contributed by atoms with van der Waals surface area (Å²) in [5.41, 5.74) is 6.84. The third kappa shape index (κ3) is 4.60. The number of nitrogens with zero attached hydrogens (tertiary/aromatic N) is 5. The Hall–Kier alpha value is -2.66. The highest BCUT2D eigenvalue weighted by molar-refractivity contribution is 8.00. The Balaban J connectivity index is 1.80. The molecule has 1 atom stereocenters. The molecule has 0 aliphatic heterocycles. The van der Waals surface area contributed by atoms with Crippen molar-refractivity contribution in [2.24, 2.45) is 0 Å². The fourth-order valence-corrected chi connectivity index (χ4v) is 3.74. The lowest BCUT2D eigenvalue weighted by molar-refractivity contribution is -0.115. The number of nitrogens with one attached hydrogen (secondary N) is 2. The number of nitrogens with two attached hydrogens (primary N) is 1. The summed E-state index contributed by atoms with van der Waals surface area (Å²) in [6.45, 7) is 4.20. The zero-order valence-electron chi connectivity index (χ0n) is 15.3. The largest absolute Gasteiger partial charge is 0.477 e. The number of imidazole rings is 1. The highest BCUT2D eigenvalue weighted by Crippen LogP contribution is 2.30. The summed E-state index contributed by atoms with van der Waals surface area (Å²) in [5.74, 6) is 0.173. The molecule has 148 valence electrons. The van der Waals surface area contributed by atoms with Crippen molar-refractivity contribution in [3.05, 3.63) is 17.5 Å². The average Bonchev–Trinajstić information content (AvgIpc) is 3.12. The van der Waals surface area contributed by atoms with Gasteiger partial charge in [0.2, 0.25) is 23.7 Å². The van der Waals surface area contributed by atoms with Gasteiger partial charge in [0.15, 0.2) is 5.65 Å². The number of H-pyrrole nitrogens is 1. The first-order chi connectivity index (χ1) is 13.5. The number of hydrogen-bond donors (Lipinski definition) is 3. The van der Waals surface area contributed by atoms with Crippen LogP contribution in [0.25, 0.3) is 11.2 Å². The van der Waals surface area contributed by atoms with Crippen molar-refractivity contribution in [3.63, 3.8) is 0 Å². The predicted octanol–water partition coefficient (Wildman–Crippen LogP) is 2.68. The molecule has 1 amide bonds. The SMILES string of the molecule is CCC[C@H](Sc1nc(N)nc2nc[nH]c12)C(=O)Nc1ncc(Cl)c(OCC)n1. The van der Waals surface area contributed by atoms with Crippen molar-refractivity contribution < 1.29 is 9.53 Å². The highest BCUT2D eigenvalue weighted by atomic mass is 35.5. The van der Waals surface area contributed by atoms with Crippen molar-refractivity contribution in [1.82, 2.24) is 29.9 Å². The van der Waals surface area contributed by atoms with Crippen molar-refractivity contribution in [3.8, 4) is 5.88 Å². The van der Waals surface area contributed by atoms with E-state index in [-0.39, 0.29) is 28.7 Å². The molecule has 0 saturated heterocycles. The Morgan fingerprint density at radius 3 is 2.93 bits per heavy atom. The molecule has 10 nitrogen and oxygen atoms in total. The molecular formula is C16H19ClN8O2S. The summed E-state index contributed by atoms with van der Waals surface area (Å²) in [7, 11) is 0. The van der Waals surface area contributed by atoms with Gasteiger partial charge in [-0.3, -0.25) is 10.1 Å². The summed E-state index contributed by atoms with van der Waals surface area (Å²) in [6.07, 6.45) is 4.30. The van der Waals surface area contributed by atoms with Crippen LogP contribution in [0.3, 0.4) is 0 Å². The second-order valence-corrected chi connectivity index (χ2v) is 7.25. The van der Waals surface area contributed by atoms with E-state index in [2.05, 4.69) is 35.2 Å². The van der Waals surface area contributed by atoms with Gasteiger partial charge in [-0.05, 0) is 13.3 Å². The highest BCUT2D eigenvalue weighted by Gasteiger charge is 2.23. The topological polar surface area (TPSA) is 145 Å². The Kier molecular flexibility index (Phi) is 6.47. The maximum atomic E-state index is 12.8. The maximum Gasteiger partial charge on any atom is 0.240 e. The minimum absolute atomic E-state index is 0.0974. The van der Waals surface area contributed by atoms with Crippen LogP contribution in [-0.4, -0.2) is 47.7 Å². The van der Waals surface area contributed by atoms with Gasteiger partial charge in [-0.25, -0.2) is 15.0 Å². The average molecular weight is 423 g/mol. The molecule has 3 aromatic rings. The molecule has 3 aromatic heterocycles. The van der Waals surface area contributed by atoms with Crippen LogP contribution < -0.4 is 15.8 Å². The second-order valence-electron chi connectivity index (χ2n) is 5.65. The van der Waals surface area contributed by atoms with E-state index in [1.807, 2.05) is 13.8 Å². The number of thioether (sulfide) groups is 1. The third-order valence-electron chi connectivity index (χ3n) is 3.59. The maximum absolute atomic E-state index is 12.8. The molecule has 0 aliphatic rings. The summed E-state index contributed by atoms with van der Waals surface area (Å²) in [5, 5.41) is 3.10.